The Labute approximate surface area is 126 Å². The van der Waals surface area contributed by atoms with E-state index in [2.05, 4.69) is 10.3 Å². The minimum atomic E-state index is -0.286. The van der Waals surface area contributed by atoms with Crippen molar-refractivity contribution >= 4 is 16.3 Å². The van der Waals surface area contributed by atoms with Crippen molar-refractivity contribution in [2.45, 2.75) is 20.1 Å². The maximum absolute atomic E-state index is 13.6. The molecule has 21 heavy (non-hydrogen) atoms. The first-order valence-corrected chi connectivity index (χ1v) is 7.66. The molecule has 0 spiro atoms. The molecule has 0 saturated heterocycles. The van der Waals surface area contributed by atoms with Crippen LogP contribution in [0.3, 0.4) is 0 Å². The van der Waals surface area contributed by atoms with Gasteiger partial charge in [0.25, 0.3) is 0 Å². The first kappa shape index (κ1) is 14.0. The van der Waals surface area contributed by atoms with E-state index >= 15 is 0 Å². The smallest absolute Gasteiger partial charge is 0.193 e. The minimum absolute atomic E-state index is 0.286. The Kier molecular flexibility index (Phi) is 4.17. The molecule has 0 aliphatic carbocycles. The molecule has 0 aliphatic heterocycles. The second-order valence-corrected chi connectivity index (χ2v) is 5.56. The van der Waals surface area contributed by atoms with Crippen molar-refractivity contribution in [3.8, 4) is 5.75 Å². The average molecular weight is 305 g/mol. The molecule has 0 fully saturated rings. The van der Waals surface area contributed by atoms with Crippen LogP contribution in [0.25, 0.3) is 4.96 Å². The molecule has 0 radical (unpaired) electrons. The molecule has 2 aromatic heterocycles. The van der Waals surface area contributed by atoms with E-state index in [-0.39, 0.29) is 5.82 Å². The number of ether oxygens (including phenoxy) is 1. The second-order valence-electron chi connectivity index (χ2n) is 4.69. The number of halogens is 1. The van der Waals surface area contributed by atoms with Crippen molar-refractivity contribution < 1.29 is 9.13 Å². The molecule has 4 nitrogen and oxygen atoms in total. The van der Waals surface area contributed by atoms with Crippen LogP contribution in [-0.2, 0) is 13.2 Å². The Morgan fingerprint density at radius 3 is 3.10 bits per heavy atom. The summed E-state index contributed by atoms with van der Waals surface area (Å²) in [6.45, 7) is 3.82. The van der Waals surface area contributed by atoms with Crippen LogP contribution in [0.1, 0.15) is 18.2 Å². The highest BCUT2D eigenvalue weighted by Crippen LogP contribution is 2.18. The predicted octanol–water partition coefficient (Wildman–Crippen LogP) is 3.22. The number of hydrogen-bond donors (Lipinski definition) is 1. The number of aromatic nitrogens is 2. The molecule has 1 aromatic carbocycles. The van der Waals surface area contributed by atoms with Crippen molar-refractivity contribution in [3.05, 3.63) is 53.0 Å². The van der Waals surface area contributed by atoms with Gasteiger partial charge < -0.3 is 10.1 Å². The molecule has 0 amide bonds. The van der Waals surface area contributed by atoms with Crippen LogP contribution >= 0.6 is 11.3 Å². The van der Waals surface area contributed by atoms with Crippen LogP contribution in [0.2, 0.25) is 0 Å². The normalized spacial score (nSPS) is 11.1. The van der Waals surface area contributed by atoms with Gasteiger partial charge in [-0.05, 0) is 24.2 Å². The van der Waals surface area contributed by atoms with Gasteiger partial charge in [-0.25, -0.2) is 9.37 Å². The summed E-state index contributed by atoms with van der Waals surface area (Å²) in [7, 11) is 0. The Bertz CT molecular complexity index is 709. The molecule has 1 N–H and O–H groups in total. The van der Waals surface area contributed by atoms with E-state index in [0.717, 1.165) is 22.8 Å². The molecule has 0 bridgehead atoms. The third-order valence-electron chi connectivity index (χ3n) is 3.04. The highest BCUT2D eigenvalue weighted by molar-refractivity contribution is 7.15. The van der Waals surface area contributed by atoms with Gasteiger partial charge in [0, 0.05) is 30.4 Å². The van der Waals surface area contributed by atoms with Gasteiger partial charge in [-0.3, -0.25) is 4.40 Å². The Morgan fingerprint density at radius 2 is 2.29 bits per heavy atom. The van der Waals surface area contributed by atoms with Crippen LogP contribution in [0.5, 0.6) is 5.75 Å². The van der Waals surface area contributed by atoms with E-state index < -0.39 is 0 Å². The van der Waals surface area contributed by atoms with Gasteiger partial charge in [0.1, 0.15) is 18.2 Å². The molecule has 2 heterocycles. The lowest BCUT2D eigenvalue weighted by Crippen LogP contribution is -2.12. The van der Waals surface area contributed by atoms with Gasteiger partial charge >= 0.3 is 0 Å². The summed E-state index contributed by atoms with van der Waals surface area (Å²) in [6, 6.07) is 4.76. The number of hydrogen-bond acceptors (Lipinski definition) is 4. The maximum atomic E-state index is 13.6. The Balaban J connectivity index is 1.69. The monoisotopic (exact) mass is 305 g/mol. The van der Waals surface area contributed by atoms with Gasteiger partial charge in [-0.15, -0.1) is 11.3 Å². The van der Waals surface area contributed by atoms with E-state index in [9.17, 15) is 4.39 Å². The number of imidazole rings is 1. The fraction of sp³-hybridized carbons (Fsp3) is 0.267. The Morgan fingerprint density at radius 1 is 1.38 bits per heavy atom. The molecule has 3 rings (SSSR count). The molecular formula is C15H16FN3OS. The number of benzene rings is 1. The summed E-state index contributed by atoms with van der Waals surface area (Å²) in [5.74, 6) is 0.241. The van der Waals surface area contributed by atoms with Gasteiger partial charge in [-0.1, -0.05) is 6.92 Å². The Hall–Kier alpha value is -1.92. The first-order valence-electron chi connectivity index (χ1n) is 6.78. The molecule has 6 heteroatoms. The van der Waals surface area contributed by atoms with Crippen LogP contribution in [0, 0.1) is 5.82 Å². The third-order valence-corrected chi connectivity index (χ3v) is 3.81. The minimum Gasteiger partial charge on any atom is -0.487 e. The highest BCUT2D eigenvalue weighted by Gasteiger charge is 2.05. The van der Waals surface area contributed by atoms with Gasteiger partial charge in [0.15, 0.2) is 4.96 Å². The number of rotatable bonds is 6. The zero-order valence-corrected chi connectivity index (χ0v) is 12.5. The topological polar surface area (TPSA) is 38.6 Å². The number of fused-ring (bicyclic) bond motifs is 1. The lowest BCUT2D eigenvalue weighted by atomic mass is 10.2. The SMILES string of the molecule is CCNCc1cc(F)cc(OCc2cn3ccsc3n2)c1. The van der Waals surface area contributed by atoms with Crippen molar-refractivity contribution in [1.29, 1.82) is 0 Å². The first-order chi connectivity index (χ1) is 10.2. The van der Waals surface area contributed by atoms with Gasteiger partial charge in [0.2, 0.25) is 0 Å². The van der Waals surface area contributed by atoms with Crippen molar-refractivity contribution in [2.24, 2.45) is 0 Å². The second kappa shape index (κ2) is 6.24. The van der Waals surface area contributed by atoms with Crippen molar-refractivity contribution in [2.75, 3.05) is 6.54 Å². The number of thiazole rings is 1. The largest absolute Gasteiger partial charge is 0.487 e. The van der Waals surface area contributed by atoms with E-state index in [0.29, 0.717) is 18.9 Å². The quantitative estimate of drug-likeness (QED) is 0.760. The fourth-order valence-corrected chi connectivity index (χ4v) is 2.80. The summed E-state index contributed by atoms with van der Waals surface area (Å²) in [5.41, 5.74) is 1.71. The average Bonchev–Trinajstić information content (AvgIpc) is 3.03. The van der Waals surface area contributed by atoms with E-state index in [1.54, 1.807) is 11.3 Å². The zero-order chi connectivity index (χ0) is 14.7. The van der Waals surface area contributed by atoms with Crippen molar-refractivity contribution in [3.63, 3.8) is 0 Å². The third kappa shape index (κ3) is 3.40. The number of nitrogens with zero attached hydrogens (tertiary/aromatic N) is 2. The highest BCUT2D eigenvalue weighted by atomic mass is 32.1. The molecule has 0 aliphatic rings. The molecule has 0 unspecified atom stereocenters. The summed E-state index contributed by atoms with van der Waals surface area (Å²) in [6.07, 6.45) is 3.87. The lowest BCUT2D eigenvalue weighted by molar-refractivity contribution is 0.300. The van der Waals surface area contributed by atoms with E-state index in [1.807, 2.05) is 35.2 Å². The van der Waals surface area contributed by atoms with Gasteiger partial charge in [-0.2, -0.15) is 0 Å². The predicted molar refractivity (Wildman–Crippen MR) is 81.2 cm³/mol. The molecule has 0 saturated carbocycles. The molecular weight excluding hydrogens is 289 g/mol. The zero-order valence-electron chi connectivity index (χ0n) is 11.7. The molecule has 3 aromatic rings. The van der Waals surface area contributed by atoms with E-state index in [4.69, 9.17) is 4.74 Å². The van der Waals surface area contributed by atoms with Crippen LogP contribution < -0.4 is 10.1 Å². The van der Waals surface area contributed by atoms with Gasteiger partial charge in [0.05, 0.1) is 5.69 Å². The molecule has 110 valence electrons. The van der Waals surface area contributed by atoms with Crippen LogP contribution in [-0.4, -0.2) is 15.9 Å². The maximum Gasteiger partial charge on any atom is 0.193 e. The number of nitrogens with one attached hydrogen (secondary N) is 1. The van der Waals surface area contributed by atoms with Crippen LogP contribution in [0.15, 0.2) is 36.0 Å². The summed E-state index contributed by atoms with van der Waals surface area (Å²) < 4.78 is 21.2. The fourth-order valence-electron chi connectivity index (χ4n) is 2.08. The van der Waals surface area contributed by atoms with E-state index in [1.165, 1.54) is 12.1 Å². The summed E-state index contributed by atoms with van der Waals surface area (Å²) in [5, 5.41) is 5.15. The van der Waals surface area contributed by atoms with Crippen molar-refractivity contribution in [1.82, 2.24) is 14.7 Å². The standard InChI is InChI=1S/C15H16FN3OS/c1-2-17-8-11-5-12(16)7-14(6-11)20-10-13-9-19-3-4-21-15(19)18-13/h3-7,9,17H,2,8,10H2,1H3. The lowest BCUT2D eigenvalue weighted by Gasteiger charge is -2.08. The summed E-state index contributed by atoms with van der Waals surface area (Å²) in [4.78, 5) is 5.36. The molecule has 0 atom stereocenters. The summed E-state index contributed by atoms with van der Waals surface area (Å²) >= 11 is 1.57. The van der Waals surface area contributed by atoms with Crippen LogP contribution in [0.4, 0.5) is 4.39 Å².